The second kappa shape index (κ2) is 5.97. The molecule has 0 saturated heterocycles. The number of primary sulfonamides is 1. The highest BCUT2D eigenvalue weighted by atomic mass is 32.2. The third kappa shape index (κ3) is 3.37. The van der Waals surface area contributed by atoms with Crippen LogP contribution in [0.4, 0.5) is 4.39 Å². The molecule has 1 aliphatic carbocycles. The zero-order valence-electron chi connectivity index (χ0n) is 13.9. The van der Waals surface area contributed by atoms with Gasteiger partial charge in [0.25, 0.3) is 0 Å². The molecule has 2 atom stereocenters. The number of nitrogens with two attached hydrogens (primary N) is 1. The van der Waals surface area contributed by atoms with Gasteiger partial charge in [0.05, 0.1) is 4.90 Å². The first kappa shape index (κ1) is 17.1. The van der Waals surface area contributed by atoms with Gasteiger partial charge >= 0.3 is 0 Å². The molecule has 0 spiro atoms. The molecule has 0 bridgehead atoms. The Labute approximate surface area is 142 Å². The van der Waals surface area contributed by atoms with E-state index in [-0.39, 0.29) is 16.1 Å². The Morgan fingerprint density at radius 1 is 1.04 bits per heavy atom. The molecule has 1 fully saturated rings. The normalized spacial score (nSPS) is 22.3. The minimum atomic E-state index is -3.65. The molecule has 0 radical (unpaired) electrons. The van der Waals surface area contributed by atoms with E-state index in [9.17, 15) is 12.8 Å². The lowest BCUT2D eigenvalue weighted by atomic mass is 10.0. The van der Waals surface area contributed by atoms with Crippen molar-refractivity contribution < 1.29 is 12.8 Å². The predicted octanol–water partition coefficient (Wildman–Crippen LogP) is 3.85. The monoisotopic (exact) mass is 347 g/mol. The van der Waals surface area contributed by atoms with E-state index in [0.717, 1.165) is 24.0 Å². The molecule has 2 N–H and O–H groups in total. The van der Waals surface area contributed by atoms with Crippen LogP contribution in [0, 0.1) is 17.2 Å². The maximum atomic E-state index is 13.0. The molecule has 0 amide bonds. The number of hydrogen-bond donors (Lipinski definition) is 1. The minimum absolute atomic E-state index is 0.146. The van der Waals surface area contributed by atoms with Crippen molar-refractivity contribution in [1.82, 2.24) is 0 Å². The quantitative estimate of drug-likeness (QED) is 0.893. The SMILES string of the molecule is CC1(C)[C@H](CCc2ccc(F)cc2)[C@H]1c1ccc(S(N)(=O)=O)cc1. The van der Waals surface area contributed by atoms with Crippen molar-refractivity contribution in [2.75, 3.05) is 0 Å². The Morgan fingerprint density at radius 3 is 2.17 bits per heavy atom. The van der Waals surface area contributed by atoms with Gasteiger partial charge in [0, 0.05) is 0 Å². The average Bonchev–Trinajstić information content (AvgIpc) is 3.07. The second-order valence-electron chi connectivity index (χ2n) is 7.18. The molecule has 0 heterocycles. The Morgan fingerprint density at radius 2 is 1.62 bits per heavy atom. The number of hydrogen-bond acceptors (Lipinski definition) is 2. The molecule has 0 unspecified atom stereocenters. The summed E-state index contributed by atoms with van der Waals surface area (Å²) >= 11 is 0. The average molecular weight is 347 g/mol. The molecule has 24 heavy (non-hydrogen) atoms. The first-order chi connectivity index (χ1) is 11.2. The zero-order valence-corrected chi connectivity index (χ0v) is 14.7. The molecular weight excluding hydrogens is 325 g/mol. The van der Waals surface area contributed by atoms with E-state index in [1.807, 2.05) is 24.3 Å². The van der Waals surface area contributed by atoms with Gasteiger partial charge in [0.1, 0.15) is 5.82 Å². The van der Waals surface area contributed by atoms with Crippen molar-refractivity contribution in [1.29, 1.82) is 0 Å². The summed E-state index contributed by atoms with van der Waals surface area (Å²) in [5.74, 6) is 0.730. The zero-order chi connectivity index (χ0) is 17.5. The molecule has 0 aliphatic heterocycles. The predicted molar refractivity (Wildman–Crippen MR) is 92.5 cm³/mol. The standard InChI is InChI=1S/C19H22FNO2S/c1-19(2)17(12-5-13-3-8-15(20)9-4-13)18(19)14-6-10-16(11-7-14)24(21,22)23/h3-4,6-11,17-18H,5,12H2,1-2H3,(H2,21,22,23)/t17-,18-/m1/s1. The lowest BCUT2D eigenvalue weighted by molar-refractivity contribution is 0.530. The van der Waals surface area contributed by atoms with E-state index >= 15 is 0 Å². The molecule has 2 aromatic rings. The van der Waals surface area contributed by atoms with Gasteiger partial charge < -0.3 is 0 Å². The van der Waals surface area contributed by atoms with Crippen LogP contribution in [0.2, 0.25) is 0 Å². The van der Waals surface area contributed by atoms with Crippen LogP contribution in [0.15, 0.2) is 53.4 Å². The summed E-state index contributed by atoms with van der Waals surface area (Å²) in [6.07, 6.45) is 1.94. The van der Waals surface area contributed by atoms with Crippen molar-refractivity contribution >= 4 is 10.0 Å². The van der Waals surface area contributed by atoms with Gasteiger partial charge in [0.15, 0.2) is 0 Å². The van der Waals surface area contributed by atoms with Crippen LogP contribution in [-0.4, -0.2) is 8.42 Å². The van der Waals surface area contributed by atoms with Crippen LogP contribution in [0.25, 0.3) is 0 Å². The molecule has 3 nitrogen and oxygen atoms in total. The smallest absolute Gasteiger partial charge is 0.225 e. The van der Waals surface area contributed by atoms with Crippen LogP contribution < -0.4 is 5.14 Å². The molecule has 128 valence electrons. The Kier molecular flexibility index (Phi) is 4.26. The number of aryl methyl sites for hydroxylation is 1. The van der Waals surface area contributed by atoms with Gasteiger partial charge in [-0.25, -0.2) is 17.9 Å². The summed E-state index contributed by atoms with van der Waals surface area (Å²) in [7, 11) is -3.65. The summed E-state index contributed by atoms with van der Waals surface area (Å²) in [6, 6.07) is 13.6. The molecule has 0 aromatic heterocycles. The first-order valence-electron chi connectivity index (χ1n) is 8.07. The minimum Gasteiger partial charge on any atom is -0.225 e. The van der Waals surface area contributed by atoms with Crippen molar-refractivity contribution in [3.05, 3.63) is 65.5 Å². The maximum Gasteiger partial charge on any atom is 0.238 e. The molecule has 5 heteroatoms. The van der Waals surface area contributed by atoms with Gasteiger partial charge in [-0.2, -0.15) is 0 Å². The summed E-state index contributed by atoms with van der Waals surface area (Å²) in [5, 5.41) is 5.15. The maximum absolute atomic E-state index is 13.0. The highest BCUT2D eigenvalue weighted by Gasteiger charge is 2.57. The van der Waals surface area contributed by atoms with Gasteiger partial charge in [-0.1, -0.05) is 38.1 Å². The second-order valence-corrected chi connectivity index (χ2v) is 8.75. The third-order valence-corrected chi connectivity index (χ3v) is 6.20. The molecule has 3 rings (SSSR count). The molecular formula is C19H22FNO2S. The van der Waals surface area contributed by atoms with E-state index in [2.05, 4.69) is 13.8 Å². The van der Waals surface area contributed by atoms with Crippen molar-refractivity contribution in [3.8, 4) is 0 Å². The molecule has 1 aliphatic rings. The van der Waals surface area contributed by atoms with Crippen LogP contribution in [-0.2, 0) is 16.4 Å². The Hall–Kier alpha value is -1.72. The van der Waals surface area contributed by atoms with E-state index in [1.54, 1.807) is 12.1 Å². The van der Waals surface area contributed by atoms with Gasteiger partial charge in [-0.05, 0) is 65.5 Å². The third-order valence-electron chi connectivity index (χ3n) is 5.28. The van der Waals surface area contributed by atoms with E-state index in [1.165, 1.54) is 12.1 Å². The highest BCUT2D eigenvalue weighted by molar-refractivity contribution is 7.89. The van der Waals surface area contributed by atoms with Gasteiger partial charge in [0.2, 0.25) is 10.0 Å². The Balaban J connectivity index is 1.69. The topological polar surface area (TPSA) is 60.2 Å². The molecule has 2 aromatic carbocycles. The van der Waals surface area contributed by atoms with E-state index in [4.69, 9.17) is 5.14 Å². The van der Waals surface area contributed by atoms with Crippen LogP contribution >= 0.6 is 0 Å². The van der Waals surface area contributed by atoms with Gasteiger partial charge in [-0.15, -0.1) is 0 Å². The fraction of sp³-hybridized carbons (Fsp3) is 0.368. The molecule has 1 saturated carbocycles. The van der Waals surface area contributed by atoms with E-state index < -0.39 is 10.0 Å². The lowest BCUT2D eigenvalue weighted by Crippen LogP contribution is -2.11. The van der Waals surface area contributed by atoms with Crippen molar-refractivity contribution in [2.24, 2.45) is 16.5 Å². The van der Waals surface area contributed by atoms with Crippen molar-refractivity contribution in [2.45, 2.75) is 37.5 Å². The number of benzene rings is 2. The summed E-state index contributed by atoms with van der Waals surface area (Å²) in [5.41, 5.74) is 2.47. The number of rotatable bonds is 5. The van der Waals surface area contributed by atoms with Crippen LogP contribution in [0.1, 0.15) is 37.3 Å². The summed E-state index contributed by atoms with van der Waals surface area (Å²) in [6.45, 7) is 4.47. The number of sulfonamides is 1. The fourth-order valence-electron chi connectivity index (χ4n) is 3.78. The van der Waals surface area contributed by atoms with Gasteiger partial charge in [-0.3, -0.25) is 0 Å². The largest absolute Gasteiger partial charge is 0.238 e. The summed E-state index contributed by atoms with van der Waals surface area (Å²) in [4.78, 5) is 0.146. The van der Waals surface area contributed by atoms with E-state index in [0.29, 0.717) is 11.8 Å². The fourth-order valence-corrected chi connectivity index (χ4v) is 4.30. The van der Waals surface area contributed by atoms with Crippen LogP contribution in [0.5, 0.6) is 0 Å². The van der Waals surface area contributed by atoms with Crippen LogP contribution in [0.3, 0.4) is 0 Å². The first-order valence-corrected chi connectivity index (χ1v) is 9.61. The van der Waals surface area contributed by atoms with Crippen molar-refractivity contribution in [3.63, 3.8) is 0 Å². The Bertz CT molecular complexity index is 827. The number of halogens is 1. The summed E-state index contributed by atoms with van der Waals surface area (Å²) < 4.78 is 35.7. The highest BCUT2D eigenvalue weighted by Crippen LogP contribution is 2.66. The lowest BCUT2D eigenvalue weighted by Gasteiger charge is -2.04.